The number of aliphatic hydroxyl groups excluding tert-OH is 2. The SMILES string of the molecule is CC(C)C(=O)N1C[C@@H]2C[C@@H](O)CN2C2(CN(C(=O)CCO)C2)C1. The number of hydrogen-bond acceptors (Lipinski definition) is 5. The van der Waals surface area contributed by atoms with Crippen LogP contribution >= 0.6 is 0 Å². The van der Waals surface area contributed by atoms with Crippen molar-refractivity contribution < 1.29 is 19.8 Å². The van der Waals surface area contributed by atoms with Crippen molar-refractivity contribution in [1.82, 2.24) is 14.7 Å². The summed E-state index contributed by atoms with van der Waals surface area (Å²) in [4.78, 5) is 30.4. The minimum Gasteiger partial charge on any atom is -0.396 e. The van der Waals surface area contributed by atoms with E-state index in [-0.39, 0.29) is 48.4 Å². The molecule has 1 spiro atoms. The van der Waals surface area contributed by atoms with Gasteiger partial charge in [0, 0.05) is 51.1 Å². The first-order valence-corrected chi connectivity index (χ1v) is 8.48. The van der Waals surface area contributed by atoms with E-state index < -0.39 is 0 Å². The lowest BCUT2D eigenvalue weighted by Crippen LogP contribution is -2.79. The van der Waals surface area contributed by atoms with Gasteiger partial charge in [0.1, 0.15) is 0 Å². The van der Waals surface area contributed by atoms with E-state index in [9.17, 15) is 14.7 Å². The molecule has 0 aromatic carbocycles. The fraction of sp³-hybridized carbons (Fsp3) is 0.875. The Kier molecular flexibility index (Phi) is 4.37. The average Bonchev–Trinajstić information content (AvgIpc) is 2.83. The number of fused-ring (bicyclic) bond motifs is 2. The first-order valence-electron chi connectivity index (χ1n) is 8.48. The quantitative estimate of drug-likeness (QED) is 0.687. The molecule has 130 valence electrons. The van der Waals surface area contributed by atoms with E-state index in [1.165, 1.54) is 0 Å². The molecule has 3 heterocycles. The van der Waals surface area contributed by atoms with Gasteiger partial charge in [0.25, 0.3) is 0 Å². The fourth-order valence-electron chi connectivity index (χ4n) is 4.32. The van der Waals surface area contributed by atoms with E-state index in [0.717, 1.165) is 0 Å². The summed E-state index contributed by atoms with van der Waals surface area (Å²) in [6, 6.07) is 0.177. The molecule has 7 heteroatoms. The number of β-amino-alcohol motifs (C(OH)–C–C–N with tert-alkyl or cyclic N) is 1. The van der Waals surface area contributed by atoms with Crippen molar-refractivity contribution in [2.45, 2.75) is 44.4 Å². The van der Waals surface area contributed by atoms with Gasteiger partial charge in [0.2, 0.25) is 11.8 Å². The van der Waals surface area contributed by atoms with Gasteiger partial charge in [-0.3, -0.25) is 14.5 Å². The molecule has 3 saturated heterocycles. The van der Waals surface area contributed by atoms with Crippen LogP contribution in [0.15, 0.2) is 0 Å². The summed E-state index contributed by atoms with van der Waals surface area (Å²) in [7, 11) is 0. The van der Waals surface area contributed by atoms with Gasteiger partial charge in [-0.15, -0.1) is 0 Å². The number of carbonyl (C=O) groups is 2. The molecule has 0 saturated carbocycles. The summed E-state index contributed by atoms with van der Waals surface area (Å²) in [5.41, 5.74) is -0.226. The van der Waals surface area contributed by atoms with Gasteiger partial charge in [-0.1, -0.05) is 13.8 Å². The molecule has 0 aromatic rings. The average molecular weight is 325 g/mol. The van der Waals surface area contributed by atoms with Crippen LogP contribution in [0.25, 0.3) is 0 Å². The van der Waals surface area contributed by atoms with E-state index in [2.05, 4.69) is 4.90 Å². The van der Waals surface area contributed by atoms with Crippen LogP contribution in [0.3, 0.4) is 0 Å². The Labute approximate surface area is 136 Å². The van der Waals surface area contributed by atoms with E-state index in [1.807, 2.05) is 18.7 Å². The number of rotatable bonds is 3. The Balaban J connectivity index is 1.75. The third kappa shape index (κ3) is 2.86. The summed E-state index contributed by atoms with van der Waals surface area (Å²) in [6.45, 7) is 6.75. The molecule has 0 bridgehead atoms. The van der Waals surface area contributed by atoms with Gasteiger partial charge in [-0.2, -0.15) is 0 Å². The largest absolute Gasteiger partial charge is 0.396 e. The van der Waals surface area contributed by atoms with E-state index in [1.54, 1.807) is 4.90 Å². The molecule has 2 amide bonds. The summed E-state index contributed by atoms with van der Waals surface area (Å²) in [6.07, 6.45) is 0.485. The smallest absolute Gasteiger partial charge is 0.225 e. The van der Waals surface area contributed by atoms with E-state index in [0.29, 0.717) is 39.1 Å². The predicted octanol–water partition coefficient (Wildman–Crippen LogP) is -1.12. The maximum atomic E-state index is 12.4. The fourth-order valence-corrected chi connectivity index (χ4v) is 4.32. The Hall–Kier alpha value is -1.18. The van der Waals surface area contributed by atoms with Crippen LogP contribution in [0, 0.1) is 5.92 Å². The molecule has 3 aliphatic heterocycles. The topological polar surface area (TPSA) is 84.3 Å². The van der Waals surface area contributed by atoms with Gasteiger partial charge in [-0.25, -0.2) is 0 Å². The summed E-state index contributed by atoms with van der Waals surface area (Å²) in [5, 5.41) is 19.0. The van der Waals surface area contributed by atoms with Crippen LogP contribution in [-0.2, 0) is 9.59 Å². The highest BCUT2D eigenvalue weighted by atomic mass is 16.3. The Morgan fingerprint density at radius 1 is 1.17 bits per heavy atom. The zero-order chi connectivity index (χ0) is 16.8. The summed E-state index contributed by atoms with van der Waals surface area (Å²) in [5.74, 6) is 0.0596. The Morgan fingerprint density at radius 2 is 1.83 bits per heavy atom. The first kappa shape index (κ1) is 16.7. The molecular formula is C16H27N3O4. The number of piperazine rings is 1. The second-order valence-electron chi connectivity index (χ2n) is 7.52. The molecule has 0 aromatic heterocycles. The third-order valence-electron chi connectivity index (χ3n) is 5.37. The van der Waals surface area contributed by atoms with Crippen molar-refractivity contribution in [1.29, 1.82) is 0 Å². The van der Waals surface area contributed by atoms with Crippen LogP contribution < -0.4 is 0 Å². The van der Waals surface area contributed by atoms with Crippen LogP contribution in [0.2, 0.25) is 0 Å². The number of aliphatic hydroxyl groups is 2. The van der Waals surface area contributed by atoms with E-state index >= 15 is 0 Å². The maximum absolute atomic E-state index is 12.4. The molecule has 3 rings (SSSR count). The highest BCUT2D eigenvalue weighted by Gasteiger charge is 2.57. The zero-order valence-electron chi connectivity index (χ0n) is 13.9. The monoisotopic (exact) mass is 325 g/mol. The van der Waals surface area contributed by atoms with E-state index in [4.69, 9.17) is 5.11 Å². The molecule has 7 nitrogen and oxygen atoms in total. The Bertz CT molecular complexity index is 490. The van der Waals surface area contributed by atoms with Gasteiger partial charge < -0.3 is 20.0 Å². The number of likely N-dealkylation sites (tertiary alicyclic amines) is 1. The van der Waals surface area contributed by atoms with Gasteiger partial charge in [-0.05, 0) is 6.42 Å². The van der Waals surface area contributed by atoms with Crippen LogP contribution in [0.1, 0.15) is 26.7 Å². The summed E-state index contributed by atoms with van der Waals surface area (Å²) < 4.78 is 0. The number of amides is 2. The van der Waals surface area contributed by atoms with Crippen LogP contribution in [0.4, 0.5) is 0 Å². The number of nitrogens with zero attached hydrogens (tertiary/aromatic N) is 3. The van der Waals surface area contributed by atoms with Crippen molar-refractivity contribution in [3.05, 3.63) is 0 Å². The minimum atomic E-state index is -0.354. The minimum absolute atomic E-state index is 0.0401. The molecule has 23 heavy (non-hydrogen) atoms. The van der Waals surface area contributed by atoms with Crippen molar-refractivity contribution in [3.8, 4) is 0 Å². The summed E-state index contributed by atoms with van der Waals surface area (Å²) >= 11 is 0. The lowest BCUT2D eigenvalue weighted by Gasteiger charge is -2.61. The second-order valence-corrected chi connectivity index (χ2v) is 7.52. The van der Waals surface area contributed by atoms with Gasteiger partial charge in [0.05, 0.1) is 18.2 Å². The number of carbonyl (C=O) groups excluding carboxylic acids is 2. The second kappa shape index (κ2) is 6.03. The zero-order valence-corrected chi connectivity index (χ0v) is 13.9. The normalized spacial score (nSPS) is 29.8. The van der Waals surface area contributed by atoms with Gasteiger partial charge >= 0.3 is 0 Å². The molecule has 3 aliphatic rings. The van der Waals surface area contributed by atoms with Crippen molar-refractivity contribution in [2.24, 2.45) is 5.92 Å². The van der Waals surface area contributed by atoms with Crippen LogP contribution in [-0.4, -0.2) is 93.7 Å². The standard InChI is InChI=1S/C16H27N3O4/c1-11(2)15(23)17-6-12-5-13(21)7-19(12)16(8-17)9-18(10-16)14(22)3-4-20/h11-13,20-21H,3-10H2,1-2H3/t12-,13+/m0/s1. The molecule has 0 aliphatic carbocycles. The highest BCUT2D eigenvalue weighted by molar-refractivity contribution is 5.79. The van der Waals surface area contributed by atoms with Gasteiger partial charge in [0.15, 0.2) is 0 Å². The Morgan fingerprint density at radius 3 is 2.43 bits per heavy atom. The van der Waals surface area contributed by atoms with Crippen molar-refractivity contribution in [2.75, 3.05) is 39.3 Å². The molecular weight excluding hydrogens is 298 g/mol. The van der Waals surface area contributed by atoms with Crippen molar-refractivity contribution >= 4 is 11.8 Å². The third-order valence-corrected chi connectivity index (χ3v) is 5.37. The first-order chi connectivity index (χ1) is 10.9. The molecule has 0 unspecified atom stereocenters. The lowest BCUT2D eigenvalue weighted by molar-refractivity contribution is -0.163. The molecule has 0 radical (unpaired) electrons. The lowest BCUT2D eigenvalue weighted by atomic mass is 9.83. The molecule has 2 atom stereocenters. The van der Waals surface area contributed by atoms with Crippen LogP contribution in [0.5, 0.6) is 0 Å². The van der Waals surface area contributed by atoms with Crippen molar-refractivity contribution in [3.63, 3.8) is 0 Å². The predicted molar refractivity (Wildman–Crippen MR) is 83.5 cm³/mol. The molecule has 3 fully saturated rings. The highest BCUT2D eigenvalue weighted by Crippen LogP contribution is 2.39. The number of hydrogen-bond donors (Lipinski definition) is 2. The molecule has 2 N–H and O–H groups in total. The maximum Gasteiger partial charge on any atom is 0.225 e.